The Kier molecular flexibility index (Phi) is 22.1. The van der Waals surface area contributed by atoms with E-state index in [0.29, 0.717) is 0 Å². The fourth-order valence-corrected chi connectivity index (χ4v) is 6.46. The first-order chi connectivity index (χ1) is 18.7. The van der Waals surface area contributed by atoms with Crippen molar-refractivity contribution in [2.45, 2.75) is 126 Å². The maximum Gasteiger partial charge on any atom is 0.000438 e. The summed E-state index contributed by atoms with van der Waals surface area (Å²) < 4.78 is 0. The van der Waals surface area contributed by atoms with E-state index in [1.54, 1.807) is 0 Å². The SMILES string of the molecule is CC(C)CN1CCCC1.CC(C)CN1CCCCC1.CC(C)CN1CCCCC1.CC(C)CN1CCCCC1. The van der Waals surface area contributed by atoms with E-state index in [2.05, 4.69) is 75.0 Å². The lowest BCUT2D eigenvalue weighted by atomic mass is 10.1. The zero-order valence-corrected chi connectivity index (χ0v) is 28.4. The quantitative estimate of drug-likeness (QED) is 0.302. The zero-order chi connectivity index (χ0) is 28.9. The fraction of sp³-hybridized carbons (Fsp3) is 1.00. The van der Waals surface area contributed by atoms with Gasteiger partial charge in [0.1, 0.15) is 0 Å². The van der Waals surface area contributed by atoms with Crippen LogP contribution in [0.4, 0.5) is 0 Å². The van der Waals surface area contributed by atoms with E-state index in [9.17, 15) is 0 Å². The molecule has 0 amide bonds. The Morgan fingerprint density at radius 1 is 0.282 bits per heavy atom. The molecule has 0 aromatic carbocycles. The minimum absolute atomic E-state index is 0.845. The summed E-state index contributed by atoms with van der Waals surface area (Å²) in [5.41, 5.74) is 0. The zero-order valence-electron chi connectivity index (χ0n) is 28.4. The van der Waals surface area contributed by atoms with Crippen LogP contribution in [0.25, 0.3) is 0 Å². The molecule has 4 heteroatoms. The highest BCUT2D eigenvalue weighted by molar-refractivity contribution is 4.68. The lowest BCUT2D eigenvalue weighted by Crippen LogP contribution is -2.32. The molecule has 39 heavy (non-hydrogen) atoms. The summed E-state index contributed by atoms with van der Waals surface area (Å²) >= 11 is 0. The van der Waals surface area contributed by atoms with Crippen molar-refractivity contribution in [3.63, 3.8) is 0 Å². The first-order valence-corrected chi connectivity index (χ1v) is 17.5. The Morgan fingerprint density at radius 3 is 0.590 bits per heavy atom. The second-order valence-electron chi connectivity index (χ2n) is 14.7. The van der Waals surface area contributed by atoms with E-state index >= 15 is 0 Å². The molecule has 4 aliphatic rings. The topological polar surface area (TPSA) is 13.0 Å². The van der Waals surface area contributed by atoms with Crippen LogP contribution in [0.3, 0.4) is 0 Å². The molecule has 0 bridgehead atoms. The van der Waals surface area contributed by atoms with Crippen LogP contribution >= 0.6 is 0 Å². The van der Waals surface area contributed by atoms with Crippen LogP contribution in [-0.4, -0.2) is 98.1 Å². The Balaban J connectivity index is 0.000000260. The number of rotatable bonds is 8. The van der Waals surface area contributed by atoms with Gasteiger partial charge in [-0.05, 0) is 127 Å². The van der Waals surface area contributed by atoms with Gasteiger partial charge in [-0.25, -0.2) is 0 Å². The minimum Gasteiger partial charge on any atom is -0.303 e. The average Bonchev–Trinajstić information content (AvgIpc) is 3.38. The summed E-state index contributed by atoms with van der Waals surface area (Å²) in [5.74, 6) is 3.39. The molecule has 0 aliphatic carbocycles. The van der Waals surface area contributed by atoms with Crippen molar-refractivity contribution in [2.75, 3.05) is 78.5 Å². The molecular formula is C35H74N4. The molecule has 4 aliphatic heterocycles. The summed E-state index contributed by atoms with van der Waals surface area (Å²) in [6.07, 6.45) is 15.7. The average molecular weight is 551 g/mol. The predicted molar refractivity (Wildman–Crippen MR) is 176 cm³/mol. The van der Waals surface area contributed by atoms with Crippen LogP contribution in [0.2, 0.25) is 0 Å². The molecule has 4 rings (SSSR count). The smallest absolute Gasteiger partial charge is 0.000438 e. The van der Waals surface area contributed by atoms with Gasteiger partial charge in [0.15, 0.2) is 0 Å². The molecule has 0 unspecified atom stereocenters. The van der Waals surface area contributed by atoms with Gasteiger partial charge in [0.25, 0.3) is 0 Å². The monoisotopic (exact) mass is 551 g/mol. The van der Waals surface area contributed by atoms with Crippen LogP contribution in [0, 0.1) is 23.7 Å². The first-order valence-electron chi connectivity index (χ1n) is 17.5. The first kappa shape index (κ1) is 36.9. The second-order valence-corrected chi connectivity index (χ2v) is 14.7. The highest BCUT2D eigenvalue weighted by atomic mass is 15.1. The van der Waals surface area contributed by atoms with Gasteiger partial charge in [-0.15, -0.1) is 0 Å². The second kappa shape index (κ2) is 23.4. The van der Waals surface area contributed by atoms with Crippen LogP contribution in [0.1, 0.15) is 126 Å². The third-order valence-corrected chi connectivity index (χ3v) is 8.04. The van der Waals surface area contributed by atoms with Crippen LogP contribution in [0.5, 0.6) is 0 Å². The van der Waals surface area contributed by atoms with Crippen molar-refractivity contribution in [3.05, 3.63) is 0 Å². The van der Waals surface area contributed by atoms with E-state index in [0.717, 1.165) is 23.7 Å². The molecule has 4 fully saturated rings. The van der Waals surface area contributed by atoms with Gasteiger partial charge in [-0.3, -0.25) is 0 Å². The highest BCUT2D eigenvalue weighted by Crippen LogP contribution is 2.12. The van der Waals surface area contributed by atoms with Crippen molar-refractivity contribution >= 4 is 0 Å². The molecular weight excluding hydrogens is 476 g/mol. The third kappa shape index (κ3) is 22.2. The van der Waals surface area contributed by atoms with Gasteiger partial charge in [0.05, 0.1) is 0 Å². The molecule has 0 atom stereocenters. The van der Waals surface area contributed by atoms with E-state index in [1.165, 1.54) is 149 Å². The van der Waals surface area contributed by atoms with Crippen LogP contribution in [0.15, 0.2) is 0 Å². The lowest BCUT2D eigenvalue weighted by molar-refractivity contribution is 0.206. The summed E-state index contributed by atoms with van der Waals surface area (Å²) in [6, 6.07) is 0. The maximum absolute atomic E-state index is 2.59. The molecule has 4 heterocycles. The van der Waals surface area contributed by atoms with E-state index in [1.807, 2.05) is 0 Å². The van der Waals surface area contributed by atoms with E-state index < -0.39 is 0 Å². The number of hydrogen-bond donors (Lipinski definition) is 0. The molecule has 0 N–H and O–H groups in total. The summed E-state index contributed by atoms with van der Waals surface area (Å²) in [7, 11) is 0. The molecule has 4 nitrogen and oxygen atoms in total. The van der Waals surface area contributed by atoms with Crippen molar-refractivity contribution < 1.29 is 0 Å². The Bertz CT molecular complexity index is 452. The van der Waals surface area contributed by atoms with Crippen molar-refractivity contribution in [2.24, 2.45) is 23.7 Å². The molecule has 234 valence electrons. The molecule has 4 saturated heterocycles. The maximum atomic E-state index is 2.59. The van der Waals surface area contributed by atoms with Gasteiger partial charge < -0.3 is 19.6 Å². The Labute approximate surface area is 247 Å². The standard InChI is InChI=1S/3C9H19N.C8H17N/c3*1-9(2)8-10-6-4-3-5-7-10;1-8(2)7-9-5-3-4-6-9/h3*9H,3-8H2,1-2H3;8H,3-7H2,1-2H3. The summed E-state index contributed by atoms with van der Waals surface area (Å²) in [6.45, 7) is 34.4. The lowest BCUT2D eigenvalue weighted by Gasteiger charge is -2.27. The molecule has 0 spiro atoms. The number of likely N-dealkylation sites (tertiary alicyclic amines) is 4. The van der Waals surface area contributed by atoms with E-state index in [-0.39, 0.29) is 0 Å². The van der Waals surface area contributed by atoms with Crippen molar-refractivity contribution in [1.29, 1.82) is 0 Å². The summed E-state index contributed by atoms with van der Waals surface area (Å²) in [5, 5.41) is 0. The normalized spacial score (nSPS) is 21.8. The molecule has 0 radical (unpaired) electrons. The largest absolute Gasteiger partial charge is 0.303 e. The molecule has 0 aromatic rings. The van der Waals surface area contributed by atoms with Crippen LogP contribution < -0.4 is 0 Å². The number of piperidine rings is 3. The van der Waals surface area contributed by atoms with Gasteiger partial charge in [-0.2, -0.15) is 0 Å². The molecule has 0 aromatic heterocycles. The van der Waals surface area contributed by atoms with Gasteiger partial charge in [0.2, 0.25) is 0 Å². The van der Waals surface area contributed by atoms with Gasteiger partial charge >= 0.3 is 0 Å². The Morgan fingerprint density at radius 2 is 0.436 bits per heavy atom. The van der Waals surface area contributed by atoms with Crippen molar-refractivity contribution in [1.82, 2.24) is 19.6 Å². The fourth-order valence-electron chi connectivity index (χ4n) is 6.46. The highest BCUT2D eigenvalue weighted by Gasteiger charge is 2.13. The minimum atomic E-state index is 0.845. The molecule has 0 saturated carbocycles. The number of hydrogen-bond acceptors (Lipinski definition) is 4. The van der Waals surface area contributed by atoms with Gasteiger partial charge in [-0.1, -0.05) is 74.7 Å². The van der Waals surface area contributed by atoms with Crippen LogP contribution in [-0.2, 0) is 0 Å². The van der Waals surface area contributed by atoms with E-state index in [4.69, 9.17) is 0 Å². The predicted octanol–water partition coefficient (Wildman–Crippen LogP) is 8.12. The third-order valence-electron chi connectivity index (χ3n) is 8.04. The Hall–Kier alpha value is -0.160. The number of nitrogens with zero attached hydrogens (tertiary/aromatic N) is 4. The van der Waals surface area contributed by atoms with Crippen molar-refractivity contribution in [3.8, 4) is 0 Å². The summed E-state index contributed by atoms with van der Waals surface area (Å²) in [4.78, 5) is 10.3. The van der Waals surface area contributed by atoms with Gasteiger partial charge in [0, 0.05) is 26.2 Å².